The summed E-state index contributed by atoms with van der Waals surface area (Å²) in [6.07, 6.45) is 2.35. The van der Waals surface area contributed by atoms with E-state index in [9.17, 15) is 0 Å². The highest BCUT2D eigenvalue weighted by molar-refractivity contribution is 4.97. The third kappa shape index (κ3) is 3.50. The maximum Gasteiger partial charge on any atom is 0.0834 e. The fraction of sp³-hybridized carbons (Fsp3) is 1.00. The van der Waals surface area contributed by atoms with Crippen LogP contribution in [0.25, 0.3) is 0 Å². The molecule has 0 unspecified atom stereocenters. The first-order valence-corrected chi connectivity index (χ1v) is 7.77. The van der Waals surface area contributed by atoms with Crippen LogP contribution in [-0.2, 0) is 4.74 Å². The van der Waals surface area contributed by atoms with Crippen molar-refractivity contribution in [1.29, 1.82) is 0 Å². The van der Waals surface area contributed by atoms with E-state index in [-0.39, 0.29) is 11.1 Å². The second-order valence-electron chi connectivity index (χ2n) is 8.28. The number of likely N-dealkylation sites (tertiary alicyclic amines) is 1. The summed E-state index contributed by atoms with van der Waals surface area (Å²) in [6.45, 7) is 19.3. The molecule has 0 atom stereocenters. The van der Waals surface area contributed by atoms with Crippen LogP contribution in [0.3, 0.4) is 0 Å². The van der Waals surface area contributed by atoms with Gasteiger partial charge in [-0.1, -0.05) is 0 Å². The summed E-state index contributed by atoms with van der Waals surface area (Å²) in [5, 5.41) is 0. The molecule has 2 saturated heterocycles. The van der Waals surface area contributed by atoms with Crippen molar-refractivity contribution in [2.45, 2.75) is 71.1 Å². The van der Waals surface area contributed by atoms with Crippen molar-refractivity contribution in [3.8, 4) is 0 Å². The molecule has 2 heterocycles. The SMILES string of the molecule is CC(C)(C)N1CCC2(CC1)CN(C(C)(C)C)CCO2. The molecule has 2 aliphatic rings. The summed E-state index contributed by atoms with van der Waals surface area (Å²) in [5.74, 6) is 0. The molecule has 112 valence electrons. The van der Waals surface area contributed by atoms with Crippen molar-refractivity contribution in [2.24, 2.45) is 0 Å². The van der Waals surface area contributed by atoms with Gasteiger partial charge >= 0.3 is 0 Å². The number of hydrogen-bond acceptors (Lipinski definition) is 3. The van der Waals surface area contributed by atoms with E-state index in [1.54, 1.807) is 0 Å². The Morgan fingerprint density at radius 2 is 1.32 bits per heavy atom. The minimum absolute atomic E-state index is 0.118. The Labute approximate surface area is 119 Å². The minimum Gasteiger partial charge on any atom is -0.372 e. The first-order chi connectivity index (χ1) is 8.62. The highest BCUT2D eigenvalue weighted by Gasteiger charge is 2.43. The van der Waals surface area contributed by atoms with Gasteiger partial charge in [0, 0.05) is 37.3 Å². The van der Waals surface area contributed by atoms with Gasteiger partial charge in [0.15, 0.2) is 0 Å². The summed E-state index contributed by atoms with van der Waals surface area (Å²) in [7, 11) is 0. The van der Waals surface area contributed by atoms with Crippen LogP contribution >= 0.6 is 0 Å². The molecule has 0 radical (unpaired) electrons. The van der Waals surface area contributed by atoms with E-state index >= 15 is 0 Å². The average molecular weight is 268 g/mol. The highest BCUT2D eigenvalue weighted by atomic mass is 16.5. The smallest absolute Gasteiger partial charge is 0.0834 e. The van der Waals surface area contributed by atoms with Crippen molar-refractivity contribution in [3.63, 3.8) is 0 Å². The third-order valence-electron chi connectivity index (χ3n) is 4.82. The van der Waals surface area contributed by atoms with Gasteiger partial charge in [-0.15, -0.1) is 0 Å². The molecule has 0 aromatic heterocycles. The van der Waals surface area contributed by atoms with Crippen LogP contribution in [0.1, 0.15) is 54.4 Å². The normalized spacial score (nSPS) is 26.8. The van der Waals surface area contributed by atoms with Gasteiger partial charge in [-0.25, -0.2) is 0 Å². The van der Waals surface area contributed by atoms with Crippen molar-refractivity contribution >= 4 is 0 Å². The van der Waals surface area contributed by atoms with Crippen molar-refractivity contribution in [1.82, 2.24) is 9.80 Å². The van der Waals surface area contributed by atoms with E-state index in [4.69, 9.17) is 4.74 Å². The first-order valence-electron chi connectivity index (χ1n) is 7.77. The van der Waals surface area contributed by atoms with Gasteiger partial charge in [0.2, 0.25) is 0 Å². The zero-order valence-electron chi connectivity index (χ0n) is 13.8. The lowest BCUT2D eigenvalue weighted by Crippen LogP contribution is -2.62. The van der Waals surface area contributed by atoms with Gasteiger partial charge in [0.1, 0.15) is 0 Å². The summed E-state index contributed by atoms with van der Waals surface area (Å²) in [4.78, 5) is 5.20. The zero-order chi connectivity index (χ0) is 14.3. The van der Waals surface area contributed by atoms with Gasteiger partial charge in [0.25, 0.3) is 0 Å². The third-order valence-corrected chi connectivity index (χ3v) is 4.82. The van der Waals surface area contributed by atoms with Crippen LogP contribution in [0.4, 0.5) is 0 Å². The van der Waals surface area contributed by atoms with E-state index in [0.717, 1.165) is 19.7 Å². The second kappa shape index (κ2) is 5.01. The molecule has 2 rings (SSSR count). The molecule has 19 heavy (non-hydrogen) atoms. The molecule has 0 aliphatic carbocycles. The van der Waals surface area contributed by atoms with Crippen LogP contribution in [-0.4, -0.2) is 59.3 Å². The topological polar surface area (TPSA) is 15.7 Å². The number of rotatable bonds is 0. The summed E-state index contributed by atoms with van der Waals surface area (Å²) < 4.78 is 6.22. The molecule has 0 bridgehead atoms. The molecule has 0 amide bonds. The first kappa shape index (κ1) is 15.3. The quantitative estimate of drug-likeness (QED) is 0.672. The van der Waals surface area contributed by atoms with Gasteiger partial charge in [-0.05, 0) is 54.4 Å². The van der Waals surface area contributed by atoms with Gasteiger partial charge in [0.05, 0.1) is 12.2 Å². The molecule has 3 heteroatoms. The standard InChI is InChI=1S/C16H32N2O/c1-14(2,3)17-9-7-16(8-10-17)13-18(11-12-19-16)15(4,5)6/h7-13H2,1-6H3. The predicted octanol–water partition coefficient (Wildman–Crippen LogP) is 2.75. The lowest BCUT2D eigenvalue weighted by Gasteiger charge is -2.52. The van der Waals surface area contributed by atoms with Crippen LogP contribution < -0.4 is 0 Å². The number of ether oxygens (including phenoxy) is 1. The lowest BCUT2D eigenvalue weighted by atomic mass is 9.86. The Bertz CT molecular complexity index is 306. The Hall–Kier alpha value is -0.120. The molecule has 0 saturated carbocycles. The summed E-state index contributed by atoms with van der Waals surface area (Å²) in [5.41, 5.74) is 0.672. The monoisotopic (exact) mass is 268 g/mol. The van der Waals surface area contributed by atoms with Crippen LogP contribution in [0.5, 0.6) is 0 Å². The number of nitrogens with zero attached hydrogens (tertiary/aromatic N) is 2. The minimum atomic E-state index is 0.118. The number of piperidine rings is 1. The Morgan fingerprint density at radius 3 is 1.79 bits per heavy atom. The fourth-order valence-electron chi connectivity index (χ4n) is 3.30. The van der Waals surface area contributed by atoms with Gasteiger partial charge in [-0.3, -0.25) is 9.80 Å². The maximum atomic E-state index is 6.22. The molecule has 3 nitrogen and oxygen atoms in total. The number of morpholine rings is 1. The molecule has 1 spiro atoms. The molecule has 2 fully saturated rings. The largest absolute Gasteiger partial charge is 0.372 e. The molecule has 0 aromatic rings. The fourth-order valence-corrected chi connectivity index (χ4v) is 3.30. The highest BCUT2D eigenvalue weighted by Crippen LogP contribution is 2.34. The molecule has 0 N–H and O–H groups in total. The predicted molar refractivity (Wildman–Crippen MR) is 80.6 cm³/mol. The van der Waals surface area contributed by atoms with Crippen LogP contribution in [0.15, 0.2) is 0 Å². The van der Waals surface area contributed by atoms with E-state index < -0.39 is 0 Å². The van der Waals surface area contributed by atoms with E-state index in [1.165, 1.54) is 25.9 Å². The Morgan fingerprint density at radius 1 is 0.789 bits per heavy atom. The van der Waals surface area contributed by atoms with Crippen molar-refractivity contribution in [2.75, 3.05) is 32.8 Å². The number of hydrogen-bond donors (Lipinski definition) is 0. The summed E-state index contributed by atoms with van der Waals surface area (Å²) >= 11 is 0. The average Bonchev–Trinajstić information content (AvgIpc) is 2.27. The van der Waals surface area contributed by atoms with E-state index in [0.29, 0.717) is 5.54 Å². The Kier molecular flexibility index (Phi) is 4.03. The second-order valence-corrected chi connectivity index (χ2v) is 8.28. The summed E-state index contributed by atoms with van der Waals surface area (Å²) in [6, 6.07) is 0. The van der Waals surface area contributed by atoms with Crippen LogP contribution in [0, 0.1) is 0 Å². The Balaban J connectivity index is 1.98. The lowest BCUT2D eigenvalue weighted by molar-refractivity contribution is -0.156. The van der Waals surface area contributed by atoms with Crippen LogP contribution in [0.2, 0.25) is 0 Å². The van der Waals surface area contributed by atoms with Gasteiger partial charge < -0.3 is 4.74 Å². The van der Waals surface area contributed by atoms with Gasteiger partial charge in [-0.2, -0.15) is 0 Å². The van der Waals surface area contributed by atoms with Crippen molar-refractivity contribution in [3.05, 3.63) is 0 Å². The van der Waals surface area contributed by atoms with E-state index in [1.807, 2.05) is 0 Å². The molecular weight excluding hydrogens is 236 g/mol. The molecule has 0 aromatic carbocycles. The van der Waals surface area contributed by atoms with E-state index in [2.05, 4.69) is 51.3 Å². The molecular formula is C16H32N2O. The maximum absolute atomic E-state index is 6.22. The zero-order valence-corrected chi connectivity index (χ0v) is 13.8. The van der Waals surface area contributed by atoms with Crippen molar-refractivity contribution < 1.29 is 4.74 Å². The molecule has 2 aliphatic heterocycles.